The van der Waals surface area contributed by atoms with Gasteiger partial charge in [0.2, 0.25) is 0 Å². The maximum Gasteiger partial charge on any atom is 0.270 e. The van der Waals surface area contributed by atoms with Gasteiger partial charge in [0.05, 0.1) is 18.5 Å². The lowest BCUT2D eigenvalue weighted by Gasteiger charge is -2.15. The molecule has 5 heteroatoms. The third-order valence-electron chi connectivity index (χ3n) is 6.01. The number of nitrogens with one attached hydrogen (secondary N) is 1. The summed E-state index contributed by atoms with van der Waals surface area (Å²) in [6.45, 7) is 6.12. The molecule has 0 saturated carbocycles. The molecule has 1 aromatic heterocycles. The van der Waals surface area contributed by atoms with Crippen LogP contribution in [0.2, 0.25) is 0 Å². The van der Waals surface area contributed by atoms with Gasteiger partial charge in [-0.2, -0.15) is 5.10 Å². The third kappa shape index (κ3) is 5.37. The Morgan fingerprint density at radius 1 is 1.00 bits per heavy atom. The standard InChI is InChI=1S/C29H31N3O2/c1-20-10-11-21(2)27(18-20)32-28(19-26(31-32)24-14-16-25(34-4)17-15-24)29(33)30-22(3)12-13-23-8-6-5-7-9-23/h5-11,14-19,22H,12-13H2,1-4H3,(H,30,33). The van der Waals surface area contributed by atoms with Crippen molar-refractivity contribution in [1.82, 2.24) is 15.1 Å². The molecule has 34 heavy (non-hydrogen) atoms. The van der Waals surface area contributed by atoms with Gasteiger partial charge in [-0.15, -0.1) is 0 Å². The maximum absolute atomic E-state index is 13.4. The van der Waals surface area contributed by atoms with Crippen LogP contribution in [0.5, 0.6) is 5.75 Å². The monoisotopic (exact) mass is 453 g/mol. The second-order valence-corrected chi connectivity index (χ2v) is 8.74. The van der Waals surface area contributed by atoms with Crippen LogP contribution >= 0.6 is 0 Å². The molecule has 0 aliphatic carbocycles. The van der Waals surface area contributed by atoms with Crippen molar-refractivity contribution in [2.75, 3.05) is 7.11 Å². The van der Waals surface area contributed by atoms with Gasteiger partial charge in [-0.25, -0.2) is 4.68 Å². The van der Waals surface area contributed by atoms with Crippen molar-refractivity contribution in [3.63, 3.8) is 0 Å². The summed E-state index contributed by atoms with van der Waals surface area (Å²) >= 11 is 0. The van der Waals surface area contributed by atoms with E-state index in [4.69, 9.17) is 9.84 Å². The van der Waals surface area contributed by atoms with Crippen LogP contribution in [0.3, 0.4) is 0 Å². The van der Waals surface area contributed by atoms with Crippen LogP contribution in [0.25, 0.3) is 16.9 Å². The summed E-state index contributed by atoms with van der Waals surface area (Å²) in [5.41, 5.74) is 6.53. The van der Waals surface area contributed by atoms with Crippen molar-refractivity contribution in [3.8, 4) is 22.7 Å². The van der Waals surface area contributed by atoms with Gasteiger partial charge in [0.15, 0.2) is 0 Å². The van der Waals surface area contributed by atoms with Crippen LogP contribution in [-0.2, 0) is 6.42 Å². The molecule has 0 radical (unpaired) electrons. The van der Waals surface area contributed by atoms with E-state index < -0.39 is 0 Å². The Balaban J connectivity index is 1.63. The highest BCUT2D eigenvalue weighted by molar-refractivity contribution is 5.94. The van der Waals surface area contributed by atoms with E-state index in [0.29, 0.717) is 5.69 Å². The molecule has 1 heterocycles. The molecule has 4 aromatic rings. The van der Waals surface area contributed by atoms with E-state index in [1.807, 2.05) is 69.3 Å². The second kappa shape index (κ2) is 10.4. The molecule has 3 aromatic carbocycles. The first kappa shape index (κ1) is 23.3. The lowest BCUT2D eigenvalue weighted by molar-refractivity contribution is 0.0930. The smallest absolute Gasteiger partial charge is 0.270 e. The van der Waals surface area contributed by atoms with E-state index in [1.54, 1.807) is 11.8 Å². The summed E-state index contributed by atoms with van der Waals surface area (Å²) in [6, 6.07) is 26.1. The van der Waals surface area contributed by atoms with Gasteiger partial charge >= 0.3 is 0 Å². The molecule has 174 valence electrons. The Kier molecular flexibility index (Phi) is 7.12. The molecule has 5 nitrogen and oxygen atoms in total. The second-order valence-electron chi connectivity index (χ2n) is 8.74. The lowest BCUT2D eigenvalue weighted by Crippen LogP contribution is -2.34. The van der Waals surface area contributed by atoms with Gasteiger partial charge in [-0.05, 0) is 86.7 Å². The first-order chi connectivity index (χ1) is 16.4. The summed E-state index contributed by atoms with van der Waals surface area (Å²) in [5, 5.41) is 8.02. The van der Waals surface area contributed by atoms with Crippen molar-refractivity contribution >= 4 is 5.91 Å². The molecule has 1 unspecified atom stereocenters. The van der Waals surface area contributed by atoms with Gasteiger partial charge in [-0.3, -0.25) is 4.79 Å². The highest BCUT2D eigenvalue weighted by Gasteiger charge is 2.20. The Hall–Kier alpha value is -3.86. The number of methoxy groups -OCH3 is 1. The number of aryl methyl sites for hydroxylation is 3. The summed E-state index contributed by atoms with van der Waals surface area (Å²) in [6.07, 6.45) is 1.77. The van der Waals surface area contributed by atoms with E-state index in [0.717, 1.165) is 46.7 Å². The molecular weight excluding hydrogens is 422 g/mol. The van der Waals surface area contributed by atoms with Crippen molar-refractivity contribution < 1.29 is 9.53 Å². The van der Waals surface area contributed by atoms with Crippen LogP contribution in [0, 0.1) is 13.8 Å². The normalized spacial score (nSPS) is 11.8. The largest absolute Gasteiger partial charge is 0.497 e. The van der Waals surface area contributed by atoms with Crippen molar-refractivity contribution in [2.24, 2.45) is 0 Å². The van der Waals surface area contributed by atoms with Gasteiger partial charge < -0.3 is 10.1 Å². The third-order valence-corrected chi connectivity index (χ3v) is 6.01. The number of ether oxygens (including phenoxy) is 1. The number of aromatic nitrogens is 2. The minimum Gasteiger partial charge on any atom is -0.497 e. The van der Waals surface area contributed by atoms with Crippen molar-refractivity contribution in [3.05, 3.63) is 101 Å². The maximum atomic E-state index is 13.4. The summed E-state index contributed by atoms with van der Waals surface area (Å²) in [5.74, 6) is 0.650. The molecule has 0 aliphatic heterocycles. The molecule has 0 fully saturated rings. The molecule has 1 atom stereocenters. The molecule has 0 aliphatic rings. The highest BCUT2D eigenvalue weighted by Crippen LogP contribution is 2.26. The van der Waals surface area contributed by atoms with Gasteiger partial charge in [-0.1, -0.05) is 42.5 Å². The number of hydrogen-bond donors (Lipinski definition) is 1. The van der Waals surface area contributed by atoms with Crippen LogP contribution in [0.1, 0.15) is 40.5 Å². The van der Waals surface area contributed by atoms with Crippen LogP contribution in [-0.4, -0.2) is 28.8 Å². The highest BCUT2D eigenvalue weighted by atomic mass is 16.5. The lowest BCUT2D eigenvalue weighted by atomic mass is 10.1. The zero-order valence-electron chi connectivity index (χ0n) is 20.2. The fourth-order valence-electron chi connectivity index (χ4n) is 3.97. The number of nitrogens with zero attached hydrogens (tertiary/aromatic N) is 2. The quantitative estimate of drug-likeness (QED) is 0.360. The molecular formula is C29H31N3O2. The van der Waals surface area contributed by atoms with E-state index in [1.165, 1.54) is 5.56 Å². The summed E-state index contributed by atoms with van der Waals surface area (Å²) < 4.78 is 7.04. The minimum atomic E-state index is -0.131. The number of rotatable bonds is 8. The molecule has 1 N–H and O–H groups in total. The Morgan fingerprint density at radius 3 is 2.44 bits per heavy atom. The van der Waals surface area contributed by atoms with Crippen molar-refractivity contribution in [2.45, 2.75) is 39.7 Å². The summed E-state index contributed by atoms with van der Waals surface area (Å²) in [7, 11) is 1.64. The van der Waals surface area contributed by atoms with Gasteiger partial charge in [0.25, 0.3) is 5.91 Å². The van der Waals surface area contributed by atoms with Crippen LogP contribution < -0.4 is 10.1 Å². The molecule has 1 amide bonds. The Bertz CT molecular complexity index is 1260. The van der Waals surface area contributed by atoms with Crippen LogP contribution in [0.15, 0.2) is 78.9 Å². The average Bonchev–Trinajstić information content (AvgIpc) is 3.30. The Labute approximate surface area is 201 Å². The van der Waals surface area contributed by atoms with E-state index in [2.05, 4.69) is 35.6 Å². The van der Waals surface area contributed by atoms with Gasteiger partial charge in [0, 0.05) is 11.6 Å². The van der Waals surface area contributed by atoms with Gasteiger partial charge in [0.1, 0.15) is 11.4 Å². The minimum absolute atomic E-state index is 0.0269. The van der Waals surface area contributed by atoms with Crippen LogP contribution in [0.4, 0.5) is 0 Å². The van der Waals surface area contributed by atoms with E-state index >= 15 is 0 Å². The fourth-order valence-corrected chi connectivity index (χ4v) is 3.97. The van der Waals surface area contributed by atoms with E-state index in [-0.39, 0.29) is 11.9 Å². The molecule has 0 spiro atoms. The molecule has 4 rings (SSSR count). The first-order valence-corrected chi connectivity index (χ1v) is 11.6. The predicted molar refractivity (Wildman–Crippen MR) is 137 cm³/mol. The zero-order chi connectivity index (χ0) is 24.1. The van der Waals surface area contributed by atoms with E-state index in [9.17, 15) is 4.79 Å². The topological polar surface area (TPSA) is 56.1 Å². The Morgan fingerprint density at radius 2 is 1.74 bits per heavy atom. The molecule has 0 saturated heterocycles. The first-order valence-electron chi connectivity index (χ1n) is 11.6. The predicted octanol–water partition coefficient (Wildman–Crippen LogP) is 5.92. The zero-order valence-corrected chi connectivity index (χ0v) is 20.2. The SMILES string of the molecule is COc1ccc(-c2cc(C(=O)NC(C)CCc3ccccc3)n(-c3cc(C)ccc3C)n2)cc1. The van der Waals surface area contributed by atoms with Crippen molar-refractivity contribution in [1.29, 1.82) is 0 Å². The number of benzene rings is 3. The number of hydrogen-bond acceptors (Lipinski definition) is 3. The fraction of sp³-hybridized carbons (Fsp3) is 0.241. The number of carbonyl (C=O) groups excluding carboxylic acids is 1. The average molecular weight is 454 g/mol. The molecule has 0 bridgehead atoms. The summed E-state index contributed by atoms with van der Waals surface area (Å²) in [4.78, 5) is 13.4. The number of amides is 1. The number of carbonyl (C=O) groups is 1.